The second kappa shape index (κ2) is 6.04. The summed E-state index contributed by atoms with van der Waals surface area (Å²) in [5.41, 5.74) is 1.35. The minimum Gasteiger partial charge on any atom is -0.492 e. The molecule has 1 aromatic rings. The number of benzene rings is 1. The predicted octanol–water partition coefficient (Wildman–Crippen LogP) is 5.12. The van der Waals surface area contributed by atoms with Crippen molar-refractivity contribution in [1.29, 1.82) is 0 Å². The maximum atomic E-state index is 6.11. The van der Waals surface area contributed by atoms with Crippen LogP contribution in [0.25, 0.3) is 0 Å². The minimum atomic E-state index is 0.323. The van der Waals surface area contributed by atoms with Gasteiger partial charge in [-0.3, -0.25) is 0 Å². The fourth-order valence-corrected chi connectivity index (χ4v) is 3.02. The zero-order chi connectivity index (χ0) is 13.9. The Labute approximate surface area is 121 Å². The molecule has 2 rings (SSSR count). The molecule has 0 amide bonds. The molecular formula is C16H24ClNO. The average Bonchev–Trinajstić information content (AvgIpc) is 2.35. The van der Waals surface area contributed by atoms with Gasteiger partial charge in [0.15, 0.2) is 0 Å². The lowest BCUT2D eigenvalue weighted by atomic mass is 9.73. The number of nitrogens with one attached hydrogen (secondary N) is 1. The second-order valence-electron chi connectivity index (χ2n) is 6.00. The third kappa shape index (κ3) is 3.56. The Bertz CT molecular complexity index is 431. The summed E-state index contributed by atoms with van der Waals surface area (Å²) in [5.74, 6) is 0.897. The first-order valence-electron chi connectivity index (χ1n) is 7.22. The van der Waals surface area contributed by atoms with Crippen molar-refractivity contribution in [2.24, 2.45) is 5.41 Å². The predicted molar refractivity (Wildman–Crippen MR) is 82.3 cm³/mol. The first-order valence-corrected chi connectivity index (χ1v) is 7.59. The van der Waals surface area contributed by atoms with Crippen LogP contribution in [0.1, 0.15) is 46.5 Å². The highest BCUT2D eigenvalue weighted by Crippen LogP contribution is 2.39. The number of hydrogen-bond donors (Lipinski definition) is 1. The molecule has 106 valence electrons. The number of ether oxygens (including phenoxy) is 1. The SMILES string of the molecule is CCOc1ccc(Cl)cc1NC1CCCCC1(C)C. The fourth-order valence-electron chi connectivity index (χ4n) is 2.85. The zero-order valence-corrected chi connectivity index (χ0v) is 12.9. The zero-order valence-electron chi connectivity index (χ0n) is 12.1. The van der Waals surface area contributed by atoms with Crippen LogP contribution in [0, 0.1) is 5.41 Å². The molecule has 1 atom stereocenters. The lowest BCUT2D eigenvalue weighted by molar-refractivity contribution is 0.216. The first kappa shape index (κ1) is 14.5. The van der Waals surface area contributed by atoms with Crippen LogP contribution in [0.2, 0.25) is 5.02 Å². The third-order valence-electron chi connectivity index (χ3n) is 4.08. The molecular weight excluding hydrogens is 258 g/mol. The molecule has 0 aromatic heterocycles. The van der Waals surface area contributed by atoms with E-state index in [-0.39, 0.29) is 0 Å². The van der Waals surface area contributed by atoms with E-state index in [2.05, 4.69) is 19.2 Å². The Morgan fingerprint density at radius 2 is 2.16 bits per heavy atom. The summed E-state index contributed by atoms with van der Waals surface area (Å²) < 4.78 is 5.68. The van der Waals surface area contributed by atoms with Crippen molar-refractivity contribution >= 4 is 17.3 Å². The van der Waals surface area contributed by atoms with Gasteiger partial charge in [0, 0.05) is 11.1 Å². The van der Waals surface area contributed by atoms with Gasteiger partial charge >= 0.3 is 0 Å². The first-order chi connectivity index (χ1) is 9.03. The summed E-state index contributed by atoms with van der Waals surface area (Å²) in [7, 11) is 0. The monoisotopic (exact) mass is 281 g/mol. The maximum absolute atomic E-state index is 6.11. The summed E-state index contributed by atoms with van der Waals surface area (Å²) in [6.07, 6.45) is 5.12. The Balaban J connectivity index is 2.19. The molecule has 1 saturated carbocycles. The number of anilines is 1. The largest absolute Gasteiger partial charge is 0.492 e. The van der Waals surface area contributed by atoms with Gasteiger partial charge in [0.2, 0.25) is 0 Å². The smallest absolute Gasteiger partial charge is 0.142 e. The van der Waals surface area contributed by atoms with Gasteiger partial charge in [0.25, 0.3) is 0 Å². The van der Waals surface area contributed by atoms with Crippen LogP contribution in [0.4, 0.5) is 5.69 Å². The van der Waals surface area contributed by atoms with Crippen LogP contribution in [0.5, 0.6) is 5.75 Å². The molecule has 3 heteroatoms. The highest BCUT2D eigenvalue weighted by Gasteiger charge is 2.32. The Hall–Kier alpha value is -0.890. The van der Waals surface area contributed by atoms with Gasteiger partial charge in [-0.05, 0) is 43.4 Å². The molecule has 0 heterocycles. The van der Waals surface area contributed by atoms with Gasteiger partial charge in [-0.1, -0.05) is 38.3 Å². The summed E-state index contributed by atoms with van der Waals surface area (Å²) in [6.45, 7) is 7.36. The van der Waals surface area contributed by atoms with E-state index in [4.69, 9.17) is 16.3 Å². The van der Waals surface area contributed by atoms with Crippen LogP contribution in [-0.2, 0) is 0 Å². The lowest BCUT2D eigenvalue weighted by Gasteiger charge is -2.39. The molecule has 0 bridgehead atoms. The average molecular weight is 282 g/mol. The topological polar surface area (TPSA) is 21.3 Å². The summed E-state index contributed by atoms with van der Waals surface area (Å²) in [4.78, 5) is 0. The summed E-state index contributed by atoms with van der Waals surface area (Å²) >= 11 is 6.11. The van der Waals surface area contributed by atoms with Gasteiger partial charge in [-0.25, -0.2) is 0 Å². The molecule has 0 spiro atoms. The standard InChI is InChI=1S/C16H24ClNO/c1-4-19-14-9-8-12(17)11-13(14)18-15-7-5-6-10-16(15,2)3/h8-9,11,15,18H,4-7,10H2,1-3H3. The molecule has 1 aliphatic rings. The van der Waals surface area contributed by atoms with Gasteiger partial charge < -0.3 is 10.1 Å². The molecule has 1 unspecified atom stereocenters. The quantitative estimate of drug-likeness (QED) is 0.827. The van der Waals surface area contributed by atoms with E-state index >= 15 is 0 Å². The molecule has 0 saturated heterocycles. The van der Waals surface area contributed by atoms with Crippen LogP contribution < -0.4 is 10.1 Å². The molecule has 1 fully saturated rings. The highest BCUT2D eigenvalue weighted by atomic mass is 35.5. The molecule has 19 heavy (non-hydrogen) atoms. The fraction of sp³-hybridized carbons (Fsp3) is 0.625. The molecule has 0 aliphatic heterocycles. The molecule has 1 aromatic carbocycles. The maximum Gasteiger partial charge on any atom is 0.142 e. The van der Waals surface area contributed by atoms with Crippen molar-refractivity contribution in [3.05, 3.63) is 23.2 Å². The van der Waals surface area contributed by atoms with Crippen LogP contribution in [0.3, 0.4) is 0 Å². The van der Waals surface area contributed by atoms with E-state index in [0.29, 0.717) is 18.1 Å². The van der Waals surface area contributed by atoms with Gasteiger partial charge in [-0.15, -0.1) is 0 Å². The molecule has 1 N–H and O–H groups in total. The minimum absolute atomic E-state index is 0.323. The van der Waals surface area contributed by atoms with Crippen molar-refractivity contribution in [3.8, 4) is 5.75 Å². The van der Waals surface area contributed by atoms with Crippen molar-refractivity contribution in [3.63, 3.8) is 0 Å². The molecule has 0 radical (unpaired) electrons. The normalized spacial score (nSPS) is 22.0. The van der Waals surface area contributed by atoms with E-state index in [9.17, 15) is 0 Å². The van der Waals surface area contributed by atoms with E-state index in [1.165, 1.54) is 25.7 Å². The van der Waals surface area contributed by atoms with E-state index in [1.807, 2.05) is 25.1 Å². The number of rotatable bonds is 4. The second-order valence-corrected chi connectivity index (χ2v) is 6.44. The van der Waals surface area contributed by atoms with Crippen molar-refractivity contribution < 1.29 is 4.74 Å². The molecule has 1 aliphatic carbocycles. The van der Waals surface area contributed by atoms with Crippen LogP contribution in [-0.4, -0.2) is 12.6 Å². The van der Waals surface area contributed by atoms with Crippen molar-refractivity contribution in [2.75, 3.05) is 11.9 Å². The van der Waals surface area contributed by atoms with E-state index in [1.54, 1.807) is 0 Å². The van der Waals surface area contributed by atoms with E-state index in [0.717, 1.165) is 16.5 Å². The highest BCUT2D eigenvalue weighted by molar-refractivity contribution is 6.30. The van der Waals surface area contributed by atoms with Crippen LogP contribution in [0.15, 0.2) is 18.2 Å². The van der Waals surface area contributed by atoms with Gasteiger partial charge in [-0.2, -0.15) is 0 Å². The Morgan fingerprint density at radius 1 is 1.37 bits per heavy atom. The van der Waals surface area contributed by atoms with Gasteiger partial charge in [0.05, 0.1) is 12.3 Å². The summed E-state index contributed by atoms with van der Waals surface area (Å²) in [5, 5.41) is 4.41. The summed E-state index contributed by atoms with van der Waals surface area (Å²) in [6, 6.07) is 6.28. The number of hydrogen-bond acceptors (Lipinski definition) is 2. The lowest BCUT2D eigenvalue weighted by Crippen LogP contribution is -2.39. The Kier molecular flexibility index (Phi) is 4.62. The van der Waals surface area contributed by atoms with Crippen molar-refractivity contribution in [2.45, 2.75) is 52.5 Å². The third-order valence-corrected chi connectivity index (χ3v) is 4.31. The van der Waals surface area contributed by atoms with Crippen LogP contribution >= 0.6 is 11.6 Å². The Morgan fingerprint density at radius 3 is 2.84 bits per heavy atom. The van der Waals surface area contributed by atoms with Gasteiger partial charge in [0.1, 0.15) is 5.75 Å². The van der Waals surface area contributed by atoms with Crippen molar-refractivity contribution in [1.82, 2.24) is 0 Å². The molecule has 2 nitrogen and oxygen atoms in total. The number of halogens is 1. The van der Waals surface area contributed by atoms with E-state index < -0.39 is 0 Å².